The molecule has 118 valence electrons. The van der Waals surface area contributed by atoms with Gasteiger partial charge in [0.15, 0.2) is 0 Å². The maximum Gasteiger partial charge on any atom is 0.235 e. The molecule has 0 fully saturated rings. The zero-order chi connectivity index (χ0) is 16.0. The molecule has 0 aromatic heterocycles. The highest BCUT2D eigenvalue weighted by molar-refractivity contribution is 7.88. The molecule has 0 bridgehead atoms. The van der Waals surface area contributed by atoms with Gasteiger partial charge >= 0.3 is 0 Å². The third-order valence-corrected chi connectivity index (χ3v) is 3.97. The molecule has 1 aromatic rings. The summed E-state index contributed by atoms with van der Waals surface area (Å²) in [7, 11) is -1.98. The summed E-state index contributed by atoms with van der Waals surface area (Å²) in [4.78, 5) is 11.8. The minimum absolute atomic E-state index is 0.0369. The Hall–Kier alpha value is -1.60. The number of sulfonamides is 1. The van der Waals surface area contributed by atoms with E-state index in [9.17, 15) is 13.2 Å². The van der Waals surface area contributed by atoms with Crippen LogP contribution in [0.5, 0.6) is 5.75 Å². The number of carbonyl (C=O) groups is 1. The Bertz CT molecular complexity index is 584. The smallest absolute Gasteiger partial charge is 0.235 e. The van der Waals surface area contributed by atoms with Crippen molar-refractivity contribution in [2.45, 2.75) is 26.4 Å². The summed E-state index contributed by atoms with van der Waals surface area (Å²) in [5.41, 5.74) is 0.711. The molecule has 0 aliphatic carbocycles. The average Bonchev–Trinajstić information content (AvgIpc) is 2.36. The lowest BCUT2D eigenvalue weighted by molar-refractivity contribution is -0.121. The highest BCUT2D eigenvalue weighted by Gasteiger charge is 2.22. The SMILES string of the molecule is COc1ccccc1CN(CC(=O)NC(C)C)S(C)(=O)=O. The van der Waals surface area contributed by atoms with Crippen LogP contribution in [-0.2, 0) is 21.4 Å². The molecule has 0 aliphatic rings. The van der Waals surface area contributed by atoms with Gasteiger partial charge < -0.3 is 10.1 Å². The number of para-hydroxylation sites is 1. The minimum atomic E-state index is -3.50. The van der Waals surface area contributed by atoms with Crippen LogP contribution in [-0.4, -0.2) is 44.6 Å². The maximum atomic E-state index is 11.9. The molecule has 0 unspecified atom stereocenters. The van der Waals surface area contributed by atoms with Crippen molar-refractivity contribution in [3.05, 3.63) is 29.8 Å². The van der Waals surface area contributed by atoms with Gasteiger partial charge in [-0.2, -0.15) is 4.31 Å². The highest BCUT2D eigenvalue weighted by atomic mass is 32.2. The number of ether oxygens (including phenoxy) is 1. The van der Waals surface area contributed by atoms with Gasteiger partial charge in [0.2, 0.25) is 15.9 Å². The zero-order valence-electron chi connectivity index (χ0n) is 12.8. The van der Waals surface area contributed by atoms with Crippen LogP contribution in [0.3, 0.4) is 0 Å². The molecular weight excluding hydrogens is 292 g/mol. The molecule has 6 nitrogen and oxygen atoms in total. The van der Waals surface area contributed by atoms with Crippen molar-refractivity contribution in [1.82, 2.24) is 9.62 Å². The summed E-state index contributed by atoms with van der Waals surface area (Å²) in [6, 6.07) is 7.09. The summed E-state index contributed by atoms with van der Waals surface area (Å²) in [6.07, 6.45) is 1.09. The van der Waals surface area contributed by atoms with E-state index in [1.165, 1.54) is 7.11 Å². The predicted octanol–water partition coefficient (Wildman–Crippen LogP) is 0.981. The summed E-state index contributed by atoms with van der Waals surface area (Å²) >= 11 is 0. The van der Waals surface area contributed by atoms with Gasteiger partial charge in [-0.3, -0.25) is 4.79 Å². The van der Waals surface area contributed by atoms with Gasteiger partial charge in [0, 0.05) is 18.2 Å². The first-order chi connectivity index (χ1) is 9.74. The van der Waals surface area contributed by atoms with Gasteiger partial charge in [-0.05, 0) is 19.9 Å². The van der Waals surface area contributed by atoms with E-state index in [4.69, 9.17) is 4.74 Å². The number of carbonyl (C=O) groups excluding carboxylic acids is 1. The largest absolute Gasteiger partial charge is 0.496 e. The Morgan fingerprint density at radius 1 is 1.33 bits per heavy atom. The molecule has 0 aliphatic heterocycles. The van der Waals surface area contributed by atoms with Crippen molar-refractivity contribution in [2.24, 2.45) is 0 Å². The van der Waals surface area contributed by atoms with Gasteiger partial charge in [-0.15, -0.1) is 0 Å². The van der Waals surface area contributed by atoms with E-state index in [2.05, 4.69) is 5.32 Å². The lowest BCUT2D eigenvalue weighted by atomic mass is 10.2. The van der Waals surface area contributed by atoms with Crippen LogP contribution in [0, 0.1) is 0 Å². The van der Waals surface area contributed by atoms with Crippen LogP contribution in [0.1, 0.15) is 19.4 Å². The predicted molar refractivity (Wildman–Crippen MR) is 81.5 cm³/mol. The second kappa shape index (κ2) is 7.42. The van der Waals surface area contributed by atoms with E-state index in [1.54, 1.807) is 24.3 Å². The van der Waals surface area contributed by atoms with Crippen molar-refractivity contribution in [2.75, 3.05) is 19.9 Å². The molecule has 1 amide bonds. The molecule has 1 rings (SSSR count). The first-order valence-electron chi connectivity index (χ1n) is 6.60. The van der Waals surface area contributed by atoms with Crippen molar-refractivity contribution >= 4 is 15.9 Å². The van der Waals surface area contributed by atoms with E-state index in [0.29, 0.717) is 11.3 Å². The van der Waals surface area contributed by atoms with Gasteiger partial charge in [-0.25, -0.2) is 8.42 Å². The van der Waals surface area contributed by atoms with Crippen molar-refractivity contribution in [1.29, 1.82) is 0 Å². The van der Waals surface area contributed by atoms with Gasteiger partial charge in [0.1, 0.15) is 5.75 Å². The third kappa shape index (κ3) is 5.73. The van der Waals surface area contributed by atoms with Crippen LogP contribution >= 0.6 is 0 Å². The first-order valence-corrected chi connectivity index (χ1v) is 8.45. The van der Waals surface area contributed by atoms with Crippen LogP contribution in [0.25, 0.3) is 0 Å². The van der Waals surface area contributed by atoms with E-state index >= 15 is 0 Å². The molecule has 21 heavy (non-hydrogen) atoms. The van der Waals surface area contributed by atoms with E-state index in [1.807, 2.05) is 13.8 Å². The number of hydrogen-bond acceptors (Lipinski definition) is 4. The van der Waals surface area contributed by atoms with Gasteiger partial charge in [0.05, 0.1) is 19.9 Å². The Kier molecular flexibility index (Phi) is 6.17. The number of nitrogens with zero attached hydrogens (tertiary/aromatic N) is 1. The Labute approximate surface area is 126 Å². The second-order valence-corrected chi connectivity index (χ2v) is 7.05. The number of hydrogen-bond donors (Lipinski definition) is 1. The molecule has 0 atom stereocenters. The molecular formula is C14H22N2O4S. The number of benzene rings is 1. The van der Waals surface area contributed by atoms with Crippen LogP contribution in [0.2, 0.25) is 0 Å². The van der Waals surface area contributed by atoms with Crippen LogP contribution in [0.15, 0.2) is 24.3 Å². The number of nitrogens with one attached hydrogen (secondary N) is 1. The normalized spacial score (nSPS) is 11.7. The third-order valence-electron chi connectivity index (χ3n) is 2.78. The van der Waals surface area contributed by atoms with E-state index in [0.717, 1.165) is 10.6 Å². The molecule has 0 radical (unpaired) electrons. The summed E-state index contributed by atoms with van der Waals surface area (Å²) in [5, 5.41) is 2.68. The highest BCUT2D eigenvalue weighted by Crippen LogP contribution is 2.20. The average molecular weight is 314 g/mol. The Morgan fingerprint density at radius 3 is 2.48 bits per heavy atom. The minimum Gasteiger partial charge on any atom is -0.496 e. The van der Waals surface area contributed by atoms with Gasteiger partial charge in [-0.1, -0.05) is 18.2 Å². The molecule has 0 saturated heterocycles. The van der Waals surface area contributed by atoms with Crippen molar-refractivity contribution in [3.63, 3.8) is 0 Å². The molecule has 1 aromatic carbocycles. The molecule has 0 saturated carbocycles. The first kappa shape index (κ1) is 17.5. The fraction of sp³-hybridized carbons (Fsp3) is 0.500. The molecule has 0 spiro atoms. The van der Waals surface area contributed by atoms with Crippen LogP contribution in [0.4, 0.5) is 0 Å². The van der Waals surface area contributed by atoms with Crippen molar-refractivity contribution in [3.8, 4) is 5.75 Å². The van der Waals surface area contributed by atoms with Crippen LogP contribution < -0.4 is 10.1 Å². The molecule has 7 heteroatoms. The summed E-state index contributed by atoms with van der Waals surface area (Å²) < 4.78 is 30.1. The number of methoxy groups -OCH3 is 1. The molecule has 1 N–H and O–H groups in total. The summed E-state index contributed by atoms with van der Waals surface area (Å²) in [6.45, 7) is 3.52. The van der Waals surface area contributed by atoms with E-state index in [-0.39, 0.29) is 25.0 Å². The summed E-state index contributed by atoms with van der Waals surface area (Å²) in [5.74, 6) is 0.265. The Morgan fingerprint density at radius 2 is 1.95 bits per heavy atom. The monoisotopic (exact) mass is 314 g/mol. The topological polar surface area (TPSA) is 75.7 Å². The van der Waals surface area contributed by atoms with E-state index < -0.39 is 10.0 Å². The Balaban J connectivity index is 2.92. The fourth-order valence-corrected chi connectivity index (χ4v) is 2.57. The lowest BCUT2D eigenvalue weighted by Crippen LogP contribution is -2.42. The maximum absolute atomic E-state index is 11.9. The standard InChI is InChI=1S/C14H22N2O4S/c1-11(2)15-14(17)10-16(21(4,18)19)9-12-7-5-6-8-13(12)20-3/h5-8,11H,9-10H2,1-4H3,(H,15,17). The number of rotatable bonds is 7. The number of amides is 1. The zero-order valence-corrected chi connectivity index (χ0v) is 13.6. The lowest BCUT2D eigenvalue weighted by Gasteiger charge is -2.21. The van der Waals surface area contributed by atoms with Gasteiger partial charge in [0.25, 0.3) is 0 Å². The quantitative estimate of drug-likeness (QED) is 0.814. The fourth-order valence-electron chi connectivity index (χ4n) is 1.84. The molecule has 0 heterocycles. The second-order valence-electron chi connectivity index (χ2n) is 5.07. The van der Waals surface area contributed by atoms with Crippen molar-refractivity contribution < 1.29 is 17.9 Å².